The Kier molecular flexibility index (Phi) is 9.22. The van der Waals surface area contributed by atoms with Crippen LogP contribution >= 0.6 is 30.8 Å². The second-order valence-corrected chi connectivity index (χ2v) is 6.17. The zero-order valence-corrected chi connectivity index (χ0v) is 11.6. The predicted molar refractivity (Wildman–Crippen MR) is 65.6 cm³/mol. The number of carbonyl (C=O) groups excluding carboxylic acids is 1. The Bertz CT molecular complexity index is 267. The summed E-state index contributed by atoms with van der Waals surface area (Å²) in [5, 5.41) is 9.10. The average Bonchev–Trinajstić information content (AvgIpc) is 2.30. The van der Waals surface area contributed by atoms with Gasteiger partial charge >= 0.3 is 7.60 Å². The topological polar surface area (TPSA) is 98.9 Å². The summed E-state index contributed by atoms with van der Waals surface area (Å²) in [6.07, 6.45) is -0.293. The first kappa shape index (κ1) is 17.2. The molecule has 0 bridgehead atoms. The third-order valence-corrected chi connectivity index (χ3v) is 4.43. The summed E-state index contributed by atoms with van der Waals surface area (Å²) in [5.41, 5.74) is 3.99. The lowest BCUT2D eigenvalue weighted by Crippen LogP contribution is -2.25. The highest BCUT2D eigenvalue weighted by Gasteiger charge is 2.36. The zero-order valence-electron chi connectivity index (χ0n) is 9.18. The predicted octanol–water partition coefficient (Wildman–Crippen LogP) is 0.927. The molecule has 0 aromatic carbocycles. The summed E-state index contributed by atoms with van der Waals surface area (Å²) in [5.74, 6) is -0.473. The Morgan fingerprint density at radius 1 is 1.29 bits per heavy atom. The zero-order chi connectivity index (χ0) is 13.3. The standard InChI is InChI=1S/C8H16Cl2NO5P/c9-1-3-15-17(14,16-4-2-10)7(6-12)5-8(11)13/h7,12H,1-6H2,(H2,11,13). The van der Waals surface area contributed by atoms with E-state index >= 15 is 0 Å². The van der Waals surface area contributed by atoms with Gasteiger partial charge in [0.15, 0.2) is 0 Å². The maximum absolute atomic E-state index is 12.3. The minimum atomic E-state index is -3.64. The van der Waals surface area contributed by atoms with Crippen molar-refractivity contribution < 1.29 is 23.5 Å². The molecule has 3 N–H and O–H groups in total. The molecule has 0 aliphatic rings. The van der Waals surface area contributed by atoms with Gasteiger partial charge in [-0.15, -0.1) is 23.2 Å². The molecule has 0 fully saturated rings. The first-order chi connectivity index (χ1) is 8.00. The lowest BCUT2D eigenvalue weighted by molar-refractivity contribution is -0.118. The molecule has 6 nitrogen and oxygen atoms in total. The number of hydrogen-bond acceptors (Lipinski definition) is 5. The van der Waals surface area contributed by atoms with Crippen LogP contribution in [0.15, 0.2) is 0 Å². The Morgan fingerprint density at radius 2 is 1.76 bits per heavy atom. The molecule has 0 aliphatic carbocycles. The van der Waals surface area contributed by atoms with Crippen molar-refractivity contribution in [1.29, 1.82) is 0 Å². The van der Waals surface area contributed by atoms with E-state index in [4.69, 9.17) is 43.1 Å². The van der Waals surface area contributed by atoms with Gasteiger partial charge in [-0.25, -0.2) is 0 Å². The van der Waals surface area contributed by atoms with Gasteiger partial charge in [-0.3, -0.25) is 9.36 Å². The molecule has 0 heterocycles. The Morgan fingerprint density at radius 3 is 2.06 bits per heavy atom. The number of carbonyl (C=O) groups is 1. The van der Waals surface area contributed by atoms with Crippen LogP contribution < -0.4 is 5.73 Å². The van der Waals surface area contributed by atoms with E-state index in [-0.39, 0.29) is 31.4 Å². The van der Waals surface area contributed by atoms with Crippen LogP contribution in [0.5, 0.6) is 0 Å². The van der Waals surface area contributed by atoms with Crippen molar-refractivity contribution in [3.8, 4) is 0 Å². The molecular formula is C8H16Cl2NO5P. The second-order valence-electron chi connectivity index (χ2n) is 3.09. The number of alkyl halides is 2. The number of hydrogen-bond donors (Lipinski definition) is 2. The van der Waals surface area contributed by atoms with Crippen LogP contribution in [-0.2, 0) is 18.4 Å². The van der Waals surface area contributed by atoms with E-state index in [1.807, 2.05) is 0 Å². The minimum absolute atomic E-state index is 0.0175. The smallest absolute Gasteiger partial charge is 0.336 e. The fourth-order valence-corrected chi connectivity index (χ4v) is 3.24. The van der Waals surface area contributed by atoms with Gasteiger partial charge in [-0.2, -0.15) is 0 Å². The molecule has 0 aliphatic heterocycles. The van der Waals surface area contributed by atoms with Crippen molar-refractivity contribution in [3.05, 3.63) is 0 Å². The second kappa shape index (κ2) is 9.14. The number of aliphatic hydroxyl groups excluding tert-OH is 1. The lowest BCUT2D eigenvalue weighted by atomic mass is 10.3. The summed E-state index contributed by atoms with van der Waals surface area (Å²) in [6, 6.07) is 0. The van der Waals surface area contributed by atoms with Gasteiger partial charge in [0.1, 0.15) is 0 Å². The van der Waals surface area contributed by atoms with Crippen LogP contribution in [0.25, 0.3) is 0 Å². The van der Waals surface area contributed by atoms with Gasteiger partial charge in [-0.1, -0.05) is 0 Å². The molecule has 1 unspecified atom stereocenters. The molecule has 17 heavy (non-hydrogen) atoms. The maximum atomic E-state index is 12.3. The van der Waals surface area contributed by atoms with E-state index in [1.165, 1.54) is 0 Å². The maximum Gasteiger partial charge on any atom is 0.336 e. The summed E-state index contributed by atoms with van der Waals surface area (Å²) >= 11 is 10.8. The van der Waals surface area contributed by atoms with Crippen molar-refractivity contribution >= 4 is 36.7 Å². The van der Waals surface area contributed by atoms with E-state index in [2.05, 4.69) is 0 Å². The fraction of sp³-hybridized carbons (Fsp3) is 0.875. The van der Waals surface area contributed by atoms with Crippen molar-refractivity contribution in [1.82, 2.24) is 0 Å². The summed E-state index contributed by atoms with van der Waals surface area (Å²) in [4.78, 5) is 10.8. The third kappa shape index (κ3) is 6.60. The summed E-state index contributed by atoms with van der Waals surface area (Å²) in [6.45, 7) is -0.572. The minimum Gasteiger partial charge on any atom is -0.395 e. The summed E-state index contributed by atoms with van der Waals surface area (Å²) in [7, 11) is -3.64. The highest BCUT2D eigenvalue weighted by Crippen LogP contribution is 2.54. The van der Waals surface area contributed by atoms with Gasteiger partial charge in [0, 0.05) is 18.2 Å². The molecule has 9 heteroatoms. The fourth-order valence-electron chi connectivity index (χ4n) is 1.08. The molecule has 0 radical (unpaired) electrons. The highest BCUT2D eigenvalue weighted by molar-refractivity contribution is 7.54. The molecule has 0 spiro atoms. The van der Waals surface area contributed by atoms with Crippen molar-refractivity contribution in [2.24, 2.45) is 5.73 Å². The number of primary amides is 1. The Balaban J connectivity index is 4.70. The summed E-state index contributed by atoms with van der Waals surface area (Å²) < 4.78 is 22.3. The molecule has 1 atom stereocenters. The van der Waals surface area contributed by atoms with E-state index < -0.39 is 25.8 Å². The SMILES string of the molecule is NC(=O)CC(CO)P(=O)(OCCCl)OCCCl. The van der Waals surface area contributed by atoms with E-state index in [0.717, 1.165) is 0 Å². The number of aliphatic hydroxyl groups is 1. The molecule has 102 valence electrons. The molecule has 0 rings (SSSR count). The number of nitrogens with two attached hydrogens (primary N) is 1. The number of halogens is 2. The van der Waals surface area contributed by atoms with Crippen LogP contribution in [0.1, 0.15) is 6.42 Å². The normalized spacial score (nSPS) is 13.6. The average molecular weight is 308 g/mol. The van der Waals surface area contributed by atoms with E-state index in [9.17, 15) is 9.36 Å². The van der Waals surface area contributed by atoms with Gasteiger partial charge in [-0.05, 0) is 0 Å². The lowest BCUT2D eigenvalue weighted by Gasteiger charge is -2.24. The first-order valence-corrected chi connectivity index (χ1v) is 7.58. The van der Waals surface area contributed by atoms with Crippen LogP contribution in [0.3, 0.4) is 0 Å². The highest BCUT2D eigenvalue weighted by atomic mass is 35.5. The third-order valence-electron chi connectivity index (χ3n) is 1.79. The molecule has 0 saturated carbocycles. The van der Waals surface area contributed by atoms with Gasteiger partial charge in [0.25, 0.3) is 0 Å². The van der Waals surface area contributed by atoms with Gasteiger partial charge in [0.2, 0.25) is 5.91 Å². The number of rotatable bonds is 10. The molecule has 0 saturated heterocycles. The first-order valence-electron chi connectivity index (χ1n) is 4.90. The van der Waals surface area contributed by atoms with Crippen LogP contribution in [0.2, 0.25) is 0 Å². The van der Waals surface area contributed by atoms with Crippen molar-refractivity contribution in [3.63, 3.8) is 0 Å². The largest absolute Gasteiger partial charge is 0.395 e. The van der Waals surface area contributed by atoms with Crippen LogP contribution in [0.4, 0.5) is 0 Å². The molecule has 1 amide bonds. The Labute approximate surface area is 110 Å². The molecule has 0 aromatic heterocycles. The van der Waals surface area contributed by atoms with Crippen LogP contribution in [0, 0.1) is 0 Å². The van der Waals surface area contributed by atoms with Crippen molar-refractivity contribution in [2.45, 2.75) is 12.1 Å². The van der Waals surface area contributed by atoms with E-state index in [0.29, 0.717) is 0 Å². The molecular weight excluding hydrogens is 292 g/mol. The molecule has 0 aromatic rings. The Hall–Kier alpha value is 0.160. The van der Waals surface area contributed by atoms with Gasteiger partial charge < -0.3 is 19.9 Å². The van der Waals surface area contributed by atoms with Crippen molar-refractivity contribution in [2.75, 3.05) is 31.6 Å². The monoisotopic (exact) mass is 307 g/mol. The quantitative estimate of drug-likeness (QED) is 0.462. The van der Waals surface area contributed by atoms with E-state index in [1.54, 1.807) is 0 Å². The number of amides is 1. The van der Waals surface area contributed by atoms with Gasteiger partial charge in [0.05, 0.1) is 25.5 Å². The van der Waals surface area contributed by atoms with Crippen LogP contribution in [-0.4, -0.2) is 48.3 Å².